The predicted molar refractivity (Wildman–Crippen MR) is 194 cm³/mol. The fourth-order valence-corrected chi connectivity index (χ4v) is 5.59. The van der Waals surface area contributed by atoms with Gasteiger partial charge in [-0.2, -0.15) is 0 Å². The van der Waals surface area contributed by atoms with Crippen molar-refractivity contribution >= 4 is 35.1 Å². The minimum Gasteiger partial charge on any atom is -0.508 e. The van der Waals surface area contributed by atoms with E-state index >= 15 is 0 Å². The molecule has 6 rings (SSSR count). The van der Waals surface area contributed by atoms with Gasteiger partial charge in [0.05, 0.1) is 7.11 Å². The average Bonchev–Trinajstić information content (AvgIpc) is 3.16. The van der Waals surface area contributed by atoms with Crippen molar-refractivity contribution in [1.29, 1.82) is 0 Å². The summed E-state index contributed by atoms with van der Waals surface area (Å²) in [5.74, 6) is -2.37. The molecule has 15 heteroatoms. The third-order valence-corrected chi connectivity index (χ3v) is 8.38. The molecule has 2 heterocycles. The Labute approximate surface area is 311 Å². The second kappa shape index (κ2) is 16.5. The van der Waals surface area contributed by atoms with Crippen LogP contribution in [-0.4, -0.2) is 87.0 Å². The Balaban J connectivity index is 1.24. The van der Waals surface area contributed by atoms with Crippen molar-refractivity contribution < 1.29 is 68.3 Å². The lowest BCUT2D eigenvalue weighted by Crippen LogP contribution is -2.61. The Bertz CT molecular complexity index is 2290. The van der Waals surface area contributed by atoms with Gasteiger partial charge in [-0.3, -0.25) is 4.79 Å². The van der Waals surface area contributed by atoms with E-state index in [0.717, 1.165) is 24.3 Å². The highest BCUT2D eigenvalue weighted by atomic mass is 16.7. The number of phenolic OH excluding ortho intramolecular Hbond substituents is 4. The number of fused-ring (bicyclic) bond motifs is 1. The molecule has 5 atom stereocenters. The van der Waals surface area contributed by atoms with Gasteiger partial charge in [-0.1, -0.05) is 24.3 Å². The predicted octanol–water partition coefficient (Wildman–Crippen LogP) is 4.00. The molecule has 1 saturated heterocycles. The lowest BCUT2D eigenvalue weighted by molar-refractivity contribution is -0.282. The van der Waals surface area contributed by atoms with Gasteiger partial charge in [-0.25, -0.2) is 9.59 Å². The number of esters is 2. The molecule has 1 aliphatic rings. The van der Waals surface area contributed by atoms with E-state index in [1.807, 2.05) is 0 Å². The molecule has 1 aliphatic heterocycles. The summed E-state index contributed by atoms with van der Waals surface area (Å²) in [7, 11) is 1.32. The number of rotatable bonds is 11. The topological polar surface area (TPSA) is 232 Å². The van der Waals surface area contributed by atoms with Crippen LogP contribution in [0.1, 0.15) is 11.1 Å². The lowest BCUT2D eigenvalue weighted by Gasteiger charge is -2.41. The molecule has 1 aromatic heterocycles. The van der Waals surface area contributed by atoms with E-state index in [1.165, 1.54) is 67.8 Å². The Morgan fingerprint density at radius 3 is 2.02 bits per heavy atom. The van der Waals surface area contributed by atoms with Crippen LogP contribution in [0.2, 0.25) is 0 Å². The van der Waals surface area contributed by atoms with Crippen molar-refractivity contribution in [3.8, 4) is 45.8 Å². The van der Waals surface area contributed by atoms with Gasteiger partial charge in [0.15, 0.2) is 23.0 Å². The number of phenols is 4. The molecule has 0 radical (unpaired) electrons. The molecule has 4 aromatic carbocycles. The van der Waals surface area contributed by atoms with Crippen LogP contribution in [0.4, 0.5) is 0 Å². The van der Waals surface area contributed by atoms with Crippen molar-refractivity contribution in [1.82, 2.24) is 0 Å². The van der Waals surface area contributed by atoms with Crippen LogP contribution in [0, 0.1) is 0 Å². The SMILES string of the molecule is COc1cc(-c2cc(=O)c3c(O)cc(O)cc3o2)ccc1O[C@@H]1O[C@H](COC(=O)/C=C/c2ccc(O)cc2)[C@@H](O)[C@H](O)[C@H]1OC(=O)/C=C/c1ccc(O)cc1. The molecule has 0 spiro atoms. The molecule has 15 nitrogen and oxygen atoms in total. The van der Waals surface area contributed by atoms with Crippen LogP contribution in [0.5, 0.6) is 34.5 Å². The van der Waals surface area contributed by atoms with Crippen LogP contribution < -0.4 is 14.9 Å². The summed E-state index contributed by atoms with van der Waals surface area (Å²) in [4.78, 5) is 38.3. The first-order valence-corrected chi connectivity index (χ1v) is 16.6. The number of methoxy groups -OCH3 is 1. The van der Waals surface area contributed by atoms with Crippen LogP contribution in [0.25, 0.3) is 34.4 Å². The van der Waals surface area contributed by atoms with Crippen molar-refractivity contribution in [2.45, 2.75) is 30.7 Å². The first-order chi connectivity index (χ1) is 26.4. The van der Waals surface area contributed by atoms with Crippen molar-refractivity contribution in [2.75, 3.05) is 13.7 Å². The van der Waals surface area contributed by atoms with E-state index in [9.17, 15) is 45.0 Å². The highest BCUT2D eigenvalue weighted by Gasteiger charge is 2.48. The summed E-state index contributed by atoms with van der Waals surface area (Å²) < 4.78 is 34.1. The summed E-state index contributed by atoms with van der Waals surface area (Å²) in [5, 5.41) is 61.1. The Kier molecular flexibility index (Phi) is 11.4. The minimum atomic E-state index is -1.81. The Morgan fingerprint density at radius 2 is 1.38 bits per heavy atom. The standard InChI is InChI=1S/C40H34O15/c1-50-31-16-23(30-19-28(45)36-27(44)17-26(43)18-32(36)52-30)8-13-29(31)53-40-39(55-35(47)15-7-22-4-11-25(42)12-5-22)38(49)37(48)33(54-40)20-51-34(46)14-6-21-2-9-24(41)10-3-21/h2-19,33,37-44,48-49H,20H2,1H3/b14-6+,15-7+/t33-,37-,38+,39-,40-/m1/s1. The largest absolute Gasteiger partial charge is 0.508 e. The van der Waals surface area contributed by atoms with E-state index in [0.29, 0.717) is 16.7 Å². The number of benzene rings is 4. The number of carbonyl (C=O) groups is 2. The lowest BCUT2D eigenvalue weighted by atomic mass is 9.99. The summed E-state index contributed by atoms with van der Waals surface area (Å²) in [6.07, 6.45) is -3.17. The maximum atomic E-state index is 12.9. The van der Waals surface area contributed by atoms with E-state index in [-0.39, 0.29) is 45.5 Å². The van der Waals surface area contributed by atoms with Crippen LogP contribution in [0.3, 0.4) is 0 Å². The minimum absolute atomic E-state index is 0.00785. The zero-order chi connectivity index (χ0) is 39.2. The van der Waals surface area contributed by atoms with Gasteiger partial charge in [-0.05, 0) is 65.7 Å². The summed E-state index contributed by atoms with van der Waals surface area (Å²) in [6.45, 7) is -0.555. The number of hydrogen-bond acceptors (Lipinski definition) is 15. The number of hydrogen-bond donors (Lipinski definition) is 6. The summed E-state index contributed by atoms with van der Waals surface area (Å²) in [6, 6.07) is 19.6. The normalized spacial score (nSPS) is 19.7. The second-order valence-electron chi connectivity index (χ2n) is 12.2. The molecule has 284 valence electrons. The molecule has 1 fully saturated rings. The molecule has 0 amide bonds. The average molecular weight is 755 g/mol. The van der Waals surface area contributed by atoms with Crippen molar-refractivity contribution in [3.05, 3.63) is 118 Å². The molecule has 0 saturated carbocycles. The first kappa shape index (κ1) is 37.9. The van der Waals surface area contributed by atoms with E-state index in [1.54, 1.807) is 24.3 Å². The maximum absolute atomic E-state index is 12.9. The fourth-order valence-electron chi connectivity index (χ4n) is 5.59. The van der Waals surface area contributed by atoms with E-state index < -0.39 is 60.4 Å². The third kappa shape index (κ3) is 9.05. The smallest absolute Gasteiger partial charge is 0.331 e. The van der Waals surface area contributed by atoms with Gasteiger partial charge >= 0.3 is 11.9 Å². The van der Waals surface area contributed by atoms with Gasteiger partial charge < -0.3 is 58.7 Å². The number of aliphatic hydroxyl groups excluding tert-OH is 2. The van der Waals surface area contributed by atoms with Gasteiger partial charge in [0.1, 0.15) is 64.6 Å². The molecule has 0 aliphatic carbocycles. The monoisotopic (exact) mass is 754 g/mol. The first-order valence-electron chi connectivity index (χ1n) is 16.6. The number of aromatic hydroxyl groups is 4. The molecular weight excluding hydrogens is 720 g/mol. The fraction of sp³-hybridized carbons (Fsp3) is 0.175. The molecule has 55 heavy (non-hydrogen) atoms. The third-order valence-electron chi connectivity index (χ3n) is 8.38. The van der Waals surface area contributed by atoms with Crippen LogP contribution >= 0.6 is 0 Å². The maximum Gasteiger partial charge on any atom is 0.331 e. The number of aliphatic hydroxyl groups is 2. The van der Waals surface area contributed by atoms with Crippen LogP contribution in [0.15, 0.2) is 106 Å². The van der Waals surface area contributed by atoms with Crippen molar-refractivity contribution in [3.63, 3.8) is 0 Å². The second-order valence-corrected chi connectivity index (χ2v) is 12.2. The van der Waals surface area contributed by atoms with E-state index in [2.05, 4.69) is 0 Å². The summed E-state index contributed by atoms with van der Waals surface area (Å²) in [5.41, 5.74) is 0.804. The number of ether oxygens (including phenoxy) is 5. The van der Waals surface area contributed by atoms with Crippen LogP contribution in [-0.2, 0) is 23.8 Å². The van der Waals surface area contributed by atoms with Gasteiger partial charge in [0, 0.05) is 35.9 Å². The highest BCUT2D eigenvalue weighted by Crippen LogP contribution is 2.37. The molecule has 0 unspecified atom stereocenters. The molecule has 6 N–H and O–H groups in total. The zero-order valence-electron chi connectivity index (χ0n) is 28.8. The molecule has 5 aromatic rings. The van der Waals surface area contributed by atoms with Gasteiger partial charge in [-0.15, -0.1) is 0 Å². The Hall–Kier alpha value is -6.81. The van der Waals surface area contributed by atoms with Crippen molar-refractivity contribution in [2.24, 2.45) is 0 Å². The Morgan fingerprint density at radius 1 is 0.745 bits per heavy atom. The quantitative estimate of drug-likeness (QED) is 0.0827. The summed E-state index contributed by atoms with van der Waals surface area (Å²) >= 11 is 0. The molecular formula is C40H34O15. The zero-order valence-corrected chi connectivity index (χ0v) is 28.8. The number of carbonyl (C=O) groups excluding carboxylic acids is 2. The molecule has 0 bridgehead atoms. The van der Waals surface area contributed by atoms with Gasteiger partial charge in [0.25, 0.3) is 0 Å². The van der Waals surface area contributed by atoms with Gasteiger partial charge in [0.2, 0.25) is 6.29 Å². The van der Waals surface area contributed by atoms with E-state index in [4.69, 9.17) is 28.1 Å². The highest BCUT2D eigenvalue weighted by molar-refractivity contribution is 5.88.